The molecule has 0 radical (unpaired) electrons. The lowest BCUT2D eigenvalue weighted by Gasteiger charge is -2.39. The molecule has 12 nitrogen and oxygen atoms in total. The van der Waals surface area contributed by atoms with Crippen LogP contribution < -0.4 is 24.0 Å². The summed E-state index contributed by atoms with van der Waals surface area (Å²) >= 11 is 1.32. The van der Waals surface area contributed by atoms with Crippen molar-refractivity contribution in [3.63, 3.8) is 0 Å². The van der Waals surface area contributed by atoms with Crippen molar-refractivity contribution in [1.29, 1.82) is 5.26 Å². The minimum absolute atomic E-state index is 0.0936. The van der Waals surface area contributed by atoms with Crippen LogP contribution in [0.3, 0.4) is 0 Å². The third-order valence-electron chi connectivity index (χ3n) is 8.50. The highest BCUT2D eigenvalue weighted by atomic mass is 32.1. The number of esters is 1. The van der Waals surface area contributed by atoms with Crippen LogP contribution in [0.4, 0.5) is 16.5 Å². The van der Waals surface area contributed by atoms with E-state index in [0.29, 0.717) is 69.4 Å². The Bertz CT molecular complexity index is 1900. The highest BCUT2D eigenvalue weighted by molar-refractivity contribution is 7.16. The number of methoxy groups -OCH3 is 2. The van der Waals surface area contributed by atoms with E-state index in [-0.39, 0.29) is 30.2 Å². The quantitative estimate of drug-likeness (QED) is 0.0781. The molecule has 13 heteroatoms. The van der Waals surface area contributed by atoms with E-state index in [2.05, 4.69) is 6.07 Å². The molecule has 3 aromatic carbocycles. The van der Waals surface area contributed by atoms with E-state index in [1.165, 1.54) is 25.4 Å². The van der Waals surface area contributed by atoms with Gasteiger partial charge in [0.15, 0.2) is 16.6 Å². The number of nitro groups is 1. The summed E-state index contributed by atoms with van der Waals surface area (Å²) in [5, 5.41) is 23.0. The molecule has 4 aromatic rings. The summed E-state index contributed by atoms with van der Waals surface area (Å²) in [6, 6.07) is 18.5. The maximum atomic E-state index is 13.0. The third-order valence-corrected chi connectivity index (χ3v) is 9.71. The van der Waals surface area contributed by atoms with E-state index < -0.39 is 11.6 Å². The van der Waals surface area contributed by atoms with Gasteiger partial charge in [-0.2, -0.15) is 5.26 Å². The lowest BCUT2D eigenvalue weighted by molar-refractivity contribution is -0.386. The molecule has 0 saturated carbocycles. The number of aryl methyl sites for hydroxylation is 1. The Morgan fingerprint density at radius 3 is 2.45 bits per heavy atom. The number of fused-ring (bicyclic) bond motifs is 3. The first-order chi connectivity index (χ1) is 23.6. The van der Waals surface area contributed by atoms with Crippen LogP contribution in [0.15, 0.2) is 54.6 Å². The Balaban J connectivity index is 1.87. The van der Waals surface area contributed by atoms with Gasteiger partial charge in [0.25, 0.3) is 5.69 Å². The predicted molar refractivity (Wildman–Crippen MR) is 188 cm³/mol. The maximum Gasteiger partial charge on any atom is 0.302 e. The molecule has 2 heterocycles. The van der Waals surface area contributed by atoms with Crippen LogP contribution in [0.5, 0.6) is 17.2 Å². The van der Waals surface area contributed by atoms with Crippen LogP contribution in [0.25, 0.3) is 11.3 Å². The maximum absolute atomic E-state index is 13.0. The molecule has 0 spiro atoms. The van der Waals surface area contributed by atoms with E-state index in [1.807, 2.05) is 60.9 Å². The van der Waals surface area contributed by atoms with E-state index in [0.717, 1.165) is 11.1 Å². The molecule has 0 amide bonds. The summed E-state index contributed by atoms with van der Waals surface area (Å²) in [6.07, 6.45) is 0.204. The third kappa shape index (κ3) is 6.69. The minimum atomic E-state index is -1.56. The predicted octanol–water partition coefficient (Wildman–Crippen LogP) is 6.86. The highest BCUT2D eigenvalue weighted by Crippen LogP contribution is 2.57. The minimum Gasteiger partial charge on any atom is -0.493 e. The smallest absolute Gasteiger partial charge is 0.302 e. The van der Waals surface area contributed by atoms with Crippen molar-refractivity contribution in [1.82, 2.24) is 4.98 Å². The SMILES string of the molecule is CCN(CC)c1ccc(C2(c3ccc(OC)c(OC)c3)Oc3ccc(C)cc3-c3nc(N(CCC#N)CCOC(C)=O)sc32)c([N+](=O)[O-])c1. The number of ether oxygens (including phenoxy) is 4. The number of hydrogen-bond acceptors (Lipinski definition) is 12. The number of anilines is 2. The van der Waals surface area contributed by atoms with Gasteiger partial charge in [-0.25, -0.2) is 4.98 Å². The largest absolute Gasteiger partial charge is 0.493 e. The first-order valence-corrected chi connectivity index (χ1v) is 16.8. The zero-order chi connectivity index (χ0) is 35.3. The van der Waals surface area contributed by atoms with E-state index in [4.69, 9.17) is 23.9 Å². The molecule has 0 saturated heterocycles. The highest BCUT2D eigenvalue weighted by Gasteiger charge is 2.51. The van der Waals surface area contributed by atoms with Gasteiger partial charge in [-0.3, -0.25) is 14.9 Å². The number of nitro benzene ring substituents is 1. The zero-order valence-corrected chi connectivity index (χ0v) is 29.3. The second-order valence-corrected chi connectivity index (χ2v) is 12.4. The molecule has 49 heavy (non-hydrogen) atoms. The molecule has 0 aliphatic carbocycles. The molecule has 0 N–H and O–H groups in total. The average Bonchev–Trinajstić information content (AvgIpc) is 3.56. The standard InChI is InChI=1S/C36H39N5O7S/c1-7-39(8-2)26-12-13-28(29(22-26)41(43)44)36(25-11-15-31(45-5)32(21-25)46-6)34-33(27-20-23(3)10-14-30(27)48-36)38-35(49-34)40(17-9-16-37)18-19-47-24(4)42/h10-15,20-22H,7-9,17-19H2,1-6H3. The van der Waals surface area contributed by atoms with E-state index in [1.54, 1.807) is 31.4 Å². The van der Waals surface area contributed by atoms with Gasteiger partial charge in [-0.05, 0) is 57.2 Å². The fourth-order valence-electron chi connectivity index (χ4n) is 6.11. The van der Waals surface area contributed by atoms with Gasteiger partial charge in [0.05, 0.1) is 54.3 Å². The number of aromatic nitrogens is 1. The number of carbonyl (C=O) groups excluding carboxylic acids is 1. The number of nitriles is 1. The van der Waals surface area contributed by atoms with Crippen molar-refractivity contribution in [2.24, 2.45) is 0 Å². The second kappa shape index (κ2) is 14.8. The monoisotopic (exact) mass is 685 g/mol. The van der Waals surface area contributed by atoms with Crippen molar-refractivity contribution in [3.05, 3.63) is 86.3 Å². The number of hydrogen-bond donors (Lipinski definition) is 0. The van der Waals surface area contributed by atoms with Gasteiger partial charge in [0.2, 0.25) is 5.60 Å². The molecular weight excluding hydrogens is 646 g/mol. The summed E-state index contributed by atoms with van der Waals surface area (Å²) < 4.78 is 23.6. The van der Waals surface area contributed by atoms with Gasteiger partial charge in [-0.1, -0.05) is 29.0 Å². The number of rotatable bonds is 14. The molecule has 1 unspecified atom stereocenters. The zero-order valence-electron chi connectivity index (χ0n) is 28.4. The summed E-state index contributed by atoms with van der Waals surface area (Å²) in [5.74, 6) is 0.987. The summed E-state index contributed by atoms with van der Waals surface area (Å²) in [4.78, 5) is 33.9. The van der Waals surface area contributed by atoms with E-state index >= 15 is 0 Å². The Labute approximate surface area is 289 Å². The lowest BCUT2D eigenvalue weighted by atomic mass is 9.80. The Hall–Kier alpha value is -5.35. The van der Waals surface area contributed by atoms with Crippen molar-refractivity contribution >= 4 is 33.8 Å². The summed E-state index contributed by atoms with van der Waals surface area (Å²) in [6.45, 7) is 9.37. The summed E-state index contributed by atoms with van der Waals surface area (Å²) in [7, 11) is 3.07. The van der Waals surface area contributed by atoms with Gasteiger partial charge >= 0.3 is 5.97 Å². The van der Waals surface area contributed by atoms with Crippen molar-refractivity contribution < 1.29 is 28.7 Å². The molecule has 1 aliphatic heterocycles. The molecule has 1 aromatic heterocycles. The molecule has 0 bridgehead atoms. The van der Waals surface area contributed by atoms with Gasteiger partial charge in [0, 0.05) is 49.4 Å². The van der Waals surface area contributed by atoms with Crippen LogP contribution in [-0.4, -0.2) is 62.9 Å². The average molecular weight is 686 g/mol. The van der Waals surface area contributed by atoms with Gasteiger partial charge < -0.3 is 28.7 Å². The first-order valence-electron chi connectivity index (χ1n) is 15.9. The molecule has 256 valence electrons. The molecule has 1 aliphatic rings. The molecule has 0 fully saturated rings. The topological polar surface area (TPSA) is 140 Å². The Morgan fingerprint density at radius 2 is 1.80 bits per heavy atom. The molecule has 1 atom stereocenters. The van der Waals surface area contributed by atoms with Crippen LogP contribution >= 0.6 is 11.3 Å². The van der Waals surface area contributed by atoms with Crippen LogP contribution in [0.2, 0.25) is 0 Å². The Morgan fingerprint density at radius 1 is 1.04 bits per heavy atom. The molecular formula is C36H39N5O7S. The van der Waals surface area contributed by atoms with E-state index in [9.17, 15) is 20.2 Å². The van der Waals surface area contributed by atoms with Crippen LogP contribution in [0, 0.1) is 28.4 Å². The fraction of sp³-hybridized carbons (Fsp3) is 0.361. The second-order valence-electron chi connectivity index (χ2n) is 11.4. The number of carbonyl (C=O) groups is 1. The number of nitrogens with zero attached hydrogens (tertiary/aromatic N) is 5. The van der Waals surface area contributed by atoms with Crippen LogP contribution in [0.1, 0.15) is 48.8 Å². The summed E-state index contributed by atoms with van der Waals surface area (Å²) in [5.41, 5.74) is 2.22. The number of benzene rings is 3. The first kappa shape index (κ1) is 35.0. The van der Waals surface area contributed by atoms with Crippen LogP contribution in [-0.2, 0) is 15.1 Å². The van der Waals surface area contributed by atoms with Crippen molar-refractivity contribution in [2.75, 3.05) is 56.8 Å². The Kier molecular flexibility index (Phi) is 10.6. The lowest BCUT2D eigenvalue weighted by Crippen LogP contribution is -2.38. The number of thiazole rings is 1. The van der Waals surface area contributed by atoms with Crippen molar-refractivity contribution in [3.8, 4) is 34.6 Å². The molecule has 5 rings (SSSR count). The normalized spacial score (nSPS) is 14.5. The van der Waals surface area contributed by atoms with Gasteiger partial charge in [-0.15, -0.1) is 0 Å². The van der Waals surface area contributed by atoms with Gasteiger partial charge in [0.1, 0.15) is 12.4 Å². The van der Waals surface area contributed by atoms with Crippen molar-refractivity contribution in [2.45, 2.75) is 39.7 Å². The fourth-order valence-corrected chi connectivity index (χ4v) is 7.41.